The predicted molar refractivity (Wildman–Crippen MR) is 114 cm³/mol. The van der Waals surface area contributed by atoms with Crippen LogP contribution < -0.4 is 5.69 Å². The van der Waals surface area contributed by atoms with Crippen molar-refractivity contribution in [2.24, 2.45) is 0 Å². The summed E-state index contributed by atoms with van der Waals surface area (Å²) in [5, 5.41) is 8.42. The number of benzene rings is 1. The molecule has 1 aliphatic rings. The zero-order valence-electron chi connectivity index (χ0n) is 18.0. The summed E-state index contributed by atoms with van der Waals surface area (Å²) >= 11 is 0. The molecule has 0 saturated carbocycles. The van der Waals surface area contributed by atoms with Crippen LogP contribution in [0.2, 0.25) is 0 Å². The van der Waals surface area contributed by atoms with Crippen LogP contribution in [0.5, 0.6) is 0 Å². The van der Waals surface area contributed by atoms with Gasteiger partial charge in [-0.15, -0.1) is 0 Å². The molecule has 0 amide bonds. The lowest BCUT2D eigenvalue weighted by Crippen LogP contribution is -2.39. The molecule has 166 valence electrons. The lowest BCUT2D eigenvalue weighted by atomic mass is 9.97. The average molecular weight is 446 g/mol. The molecule has 0 radical (unpaired) electrons. The van der Waals surface area contributed by atoms with E-state index in [1.54, 1.807) is 18.4 Å². The Balaban J connectivity index is 1.54. The smallest absolute Gasteiger partial charge is 0.346 e. The van der Waals surface area contributed by atoms with E-state index in [9.17, 15) is 13.2 Å². The molecule has 1 fully saturated rings. The lowest BCUT2D eigenvalue weighted by Gasteiger charge is -2.30. The van der Waals surface area contributed by atoms with Crippen molar-refractivity contribution in [2.45, 2.75) is 57.5 Å². The molecule has 10 heteroatoms. The Hall–Kier alpha value is -2.72. The van der Waals surface area contributed by atoms with Crippen LogP contribution in [0, 0.1) is 13.8 Å². The minimum atomic E-state index is -3.66. The summed E-state index contributed by atoms with van der Waals surface area (Å²) in [5.41, 5.74) is 1.25. The number of piperidine rings is 1. The highest BCUT2D eigenvalue weighted by molar-refractivity contribution is 7.89. The molecule has 31 heavy (non-hydrogen) atoms. The maximum Gasteiger partial charge on any atom is 0.346 e. The molecule has 0 bridgehead atoms. The van der Waals surface area contributed by atoms with Gasteiger partial charge in [-0.3, -0.25) is 4.57 Å². The molecule has 0 atom stereocenters. The number of nitrogens with zero attached hydrogens (tertiary/aromatic N) is 5. The second kappa shape index (κ2) is 8.43. The van der Waals surface area contributed by atoms with Crippen molar-refractivity contribution in [1.82, 2.24) is 23.8 Å². The zero-order chi connectivity index (χ0) is 22.2. The highest BCUT2D eigenvalue weighted by atomic mass is 32.2. The Kier molecular flexibility index (Phi) is 5.85. The first-order valence-corrected chi connectivity index (χ1v) is 11.9. The first-order chi connectivity index (χ1) is 14.8. The van der Waals surface area contributed by atoms with Gasteiger partial charge in [0.15, 0.2) is 5.76 Å². The van der Waals surface area contributed by atoms with Crippen molar-refractivity contribution in [2.75, 3.05) is 13.1 Å². The Morgan fingerprint density at radius 1 is 1.13 bits per heavy atom. The van der Waals surface area contributed by atoms with Crippen LogP contribution in [-0.4, -0.2) is 45.3 Å². The van der Waals surface area contributed by atoms with Crippen molar-refractivity contribution in [3.8, 4) is 0 Å². The minimum absolute atomic E-state index is 0.0285. The maximum atomic E-state index is 13.1. The van der Waals surface area contributed by atoms with Gasteiger partial charge in [0.2, 0.25) is 10.0 Å². The predicted octanol–water partition coefficient (Wildman–Crippen LogP) is 2.29. The van der Waals surface area contributed by atoms with E-state index >= 15 is 0 Å². The third kappa shape index (κ3) is 3.97. The molecule has 1 saturated heterocycles. The topological polar surface area (TPSA) is 103 Å². The molecule has 0 N–H and O–H groups in total. The molecule has 0 aliphatic carbocycles. The second-order valence-corrected chi connectivity index (χ2v) is 9.73. The molecule has 0 unspecified atom stereocenters. The van der Waals surface area contributed by atoms with Crippen molar-refractivity contribution in [1.29, 1.82) is 0 Å². The second-order valence-electron chi connectivity index (χ2n) is 7.86. The Labute approximate surface area is 181 Å². The fraction of sp³-hybridized carbons (Fsp3) is 0.476. The molecule has 4 rings (SSSR count). The Morgan fingerprint density at radius 2 is 1.81 bits per heavy atom. The van der Waals surface area contributed by atoms with E-state index in [4.69, 9.17) is 4.52 Å². The quantitative estimate of drug-likeness (QED) is 0.577. The van der Waals surface area contributed by atoms with Crippen molar-refractivity contribution >= 4 is 10.0 Å². The summed E-state index contributed by atoms with van der Waals surface area (Å²) in [4.78, 5) is 13.0. The normalized spacial score (nSPS) is 16.1. The maximum absolute atomic E-state index is 13.1. The first-order valence-electron chi connectivity index (χ1n) is 10.5. The Morgan fingerprint density at radius 3 is 2.39 bits per heavy atom. The minimum Gasteiger partial charge on any atom is -0.360 e. The fourth-order valence-electron chi connectivity index (χ4n) is 4.24. The van der Waals surface area contributed by atoms with Gasteiger partial charge in [0, 0.05) is 25.6 Å². The highest BCUT2D eigenvalue weighted by Crippen LogP contribution is 2.31. The van der Waals surface area contributed by atoms with Crippen LogP contribution >= 0.6 is 0 Å². The van der Waals surface area contributed by atoms with E-state index in [-0.39, 0.29) is 16.5 Å². The van der Waals surface area contributed by atoms with Gasteiger partial charge < -0.3 is 4.52 Å². The summed E-state index contributed by atoms with van der Waals surface area (Å²) in [6.45, 7) is 6.84. The monoisotopic (exact) mass is 445 g/mol. The number of sulfonamides is 1. The number of rotatable bonds is 6. The number of hydrogen-bond donors (Lipinski definition) is 0. The van der Waals surface area contributed by atoms with Gasteiger partial charge in [-0.25, -0.2) is 17.9 Å². The summed E-state index contributed by atoms with van der Waals surface area (Å²) in [7, 11) is -3.66. The summed E-state index contributed by atoms with van der Waals surface area (Å²) in [6.07, 6.45) is 1.20. The van der Waals surface area contributed by atoms with E-state index < -0.39 is 10.0 Å². The molecule has 1 aromatic carbocycles. The third-order valence-corrected chi connectivity index (χ3v) is 7.97. The summed E-state index contributed by atoms with van der Waals surface area (Å²) in [6, 6.07) is 9.75. The molecule has 3 heterocycles. The number of hydrogen-bond acceptors (Lipinski definition) is 6. The molecule has 2 aromatic heterocycles. The van der Waals surface area contributed by atoms with Gasteiger partial charge in [-0.05, 0) is 39.2 Å². The third-order valence-electron chi connectivity index (χ3n) is 5.83. The molecular formula is C21H27N5O4S. The van der Waals surface area contributed by atoms with Gasteiger partial charge >= 0.3 is 5.69 Å². The van der Waals surface area contributed by atoms with E-state index in [0.29, 0.717) is 50.5 Å². The van der Waals surface area contributed by atoms with Crippen LogP contribution in [0.4, 0.5) is 0 Å². The van der Waals surface area contributed by atoms with E-state index in [2.05, 4.69) is 10.3 Å². The lowest BCUT2D eigenvalue weighted by molar-refractivity contribution is 0.308. The number of aryl methyl sites for hydroxylation is 2. The first kappa shape index (κ1) is 21.5. The SMILES string of the molecule is CCn1c(C2CCN(S(=O)(=O)c3c(C)noc3C)CC2)nn(Cc2ccccc2)c1=O. The van der Waals surface area contributed by atoms with Gasteiger partial charge in [0.05, 0.1) is 6.54 Å². The van der Waals surface area contributed by atoms with Crippen molar-refractivity contribution in [3.05, 3.63) is 63.7 Å². The van der Waals surface area contributed by atoms with E-state index in [0.717, 1.165) is 11.4 Å². The van der Waals surface area contributed by atoms with Crippen molar-refractivity contribution < 1.29 is 12.9 Å². The summed E-state index contributed by atoms with van der Waals surface area (Å²) < 4.78 is 35.9. The molecular weight excluding hydrogens is 418 g/mol. The van der Waals surface area contributed by atoms with Gasteiger partial charge in [0.1, 0.15) is 16.4 Å². The molecule has 1 aliphatic heterocycles. The standard InChI is InChI=1S/C21H27N5O4S/c1-4-25-20(22-26(21(25)27)14-17-8-6-5-7-9-17)18-10-12-24(13-11-18)31(28,29)19-15(2)23-30-16(19)3/h5-9,18H,4,10-14H2,1-3H3. The van der Waals surface area contributed by atoms with Crippen LogP contribution in [0.15, 0.2) is 44.5 Å². The van der Waals surface area contributed by atoms with Gasteiger partial charge in [0.25, 0.3) is 0 Å². The van der Waals surface area contributed by atoms with Crippen LogP contribution in [0.3, 0.4) is 0 Å². The van der Waals surface area contributed by atoms with Crippen LogP contribution in [-0.2, 0) is 23.1 Å². The summed E-state index contributed by atoms with van der Waals surface area (Å²) in [5.74, 6) is 1.07. The van der Waals surface area contributed by atoms with E-state index in [1.165, 1.54) is 8.99 Å². The van der Waals surface area contributed by atoms with Crippen LogP contribution in [0.1, 0.15) is 48.5 Å². The average Bonchev–Trinajstić information content (AvgIpc) is 3.27. The van der Waals surface area contributed by atoms with Gasteiger partial charge in [-0.2, -0.15) is 9.40 Å². The number of aromatic nitrogens is 4. The van der Waals surface area contributed by atoms with E-state index in [1.807, 2.05) is 37.3 Å². The largest absolute Gasteiger partial charge is 0.360 e. The molecule has 0 spiro atoms. The molecule has 9 nitrogen and oxygen atoms in total. The van der Waals surface area contributed by atoms with Gasteiger partial charge in [-0.1, -0.05) is 35.5 Å². The van der Waals surface area contributed by atoms with Crippen molar-refractivity contribution in [3.63, 3.8) is 0 Å². The molecule has 3 aromatic rings. The fourth-order valence-corrected chi connectivity index (χ4v) is 6.00. The van der Waals surface area contributed by atoms with Crippen LogP contribution in [0.25, 0.3) is 0 Å². The zero-order valence-corrected chi connectivity index (χ0v) is 18.8. The Bertz CT molecular complexity index is 1200. The highest BCUT2D eigenvalue weighted by Gasteiger charge is 2.35.